The van der Waals surface area contributed by atoms with Crippen molar-refractivity contribution >= 4 is 5.91 Å². The van der Waals surface area contributed by atoms with E-state index in [9.17, 15) is 9.90 Å². The first kappa shape index (κ1) is 13.8. The van der Waals surface area contributed by atoms with Crippen molar-refractivity contribution in [2.45, 2.75) is 32.1 Å². The summed E-state index contributed by atoms with van der Waals surface area (Å²) in [6.45, 7) is 1.17. The minimum Gasteiger partial charge on any atom is -0.505 e. The Bertz CT molecular complexity index is 442. The Balaban J connectivity index is 1.98. The van der Waals surface area contributed by atoms with E-state index in [1.54, 1.807) is 0 Å². The predicted octanol–water partition coefficient (Wildman–Crippen LogP) is 1.43. The van der Waals surface area contributed by atoms with Crippen LogP contribution in [0.2, 0.25) is 0 Å². The van der Waals surface area contributed by atoms with Crippen LogP contribution in [0, 0.1) is 5.41 Å². The van der Waals surface area contributed by atoms with Crippen molar-refractivity contribution in [1.82, 2.24) is 10.3 Å². The smallest absolute Gasteiger partial charge is 0.255 e. The Kier molecular flexibility index (Phi) is 4.37. The molecule has 0 bridgehead atoms. The van der Waals surface area contributed by atoms with Gasteiger partial charge in [0.1, 0.15) is 5.75 Å². The van der Waals surface area contributed by atoms with E-state index in [1.807, 2.05) is 0 Å². The average Bonchev–Trinajstić information content (AvgIpc) is 2.46. The van der Waals surface area contributed by atoms with Crippen LogP contribution >= 0.6 is 0 Å². The van der Waals surface area contributed by atoms with Crippen molar-refractivity contribution < 1.29 is 9.90 Å². The van der Waals surface area contributed by atoms with Crippen LogP contribution in [0.3, 0.4) is 0 Å². The molecule has 1 fully saturated rings. The van der Waals surface area contributed by atoms with Crippen LogP contribution in [0.1, 0.15) is 42.5 Å². The molecule has 1 aromatic rings. The van der Waals surface area contributed by atoms with Gasteiger partial charge in [0.2, 0.25) is 0 Å². The summed E-state index contributed by atoms with van der Waals surface area (Å²) in [6.07, 6.45) is 8.49. The summed E-state index contributed by atoms with van der Waals surface area (Å²) in [5.41, 5.74) is 6.17. The van der Waals surface area contributed by atoms with E-state index in [0.29, 0.717) is 13.1 Å². The van der Waals surface area contributed by atoms with Gasteiger partial charge < -0.3 is 16.2 Å². The molecular weight excluding hydrogens is 242 g/mol. The number of nitrogens with one attached hydrogen (secondary N) is 1. The lowest BCUT2D eigenvalue weighted by atomic mass is 9.74. The first-order valence-electron chi connectivity index (χ1n) is 6.78. The number of nitrogens with two attached hydrogens (primary N) is 1. The van der Waals surface area contributed by atoms with Gasteiger partial charge in [-0.1, -0.05) is 19.3 Å². The summed E-state index contributed by atoms with van der Waals surface area (Å²) in [5.74, 6) is -0.358. The third-order valence-corrected chi connectivity index (χ3v) is 4.02. The topological polar surface area (TPSA) is 88.2 Å². The van der Waals surface area contributed by atoms with Crippen LogP contribution in [0.25, 0.3) is 0 Å². The van der Waals surface area contributed by atoms with E-state index < -0.39 is 0 Å². The normalized spacial score (nSPS) is 17.9. The van der Waals surface area contributed by atoms with Gasteiger partial charge in [-0.3, -0.25) is 9.78 Å². The molecule has 0 saturated heterocycles. The fourth-order valence-electron chi connectivity index (χ4n) is 2.70. The van der Waals surface area contributed by atoms with E-state index in [1.165, 1.54) is 37.7 Å². The Morgan fingerprint density at radius 3 is 2.79 bits per heavy atom. The van der Waals surface area contributed by atoms with Gasteiger partial charge in [-0.15, -0.1) is 0 Å². The molecule has 104 valence electrons. The number of aromatic hydroxyl groups is 1. The fraction of sp³-hybridized carbons (Fsp3) is 0.571. The molecule has 5 heteroatoms. The van der Waals surface area contributed by atoms with E-state index in [2.05, 4.69) is 10.3 Å². The molecule has 0 aliphatic heterocycles. The molecule has 1 amide bonds. The number of rotatable bonds is 4. The Hall–Kier alpha value is -1.62. The highest BCUT2D eigenvalue weighted by molar-refractivity contribution is 5.96. The molecule has 2 rings (SSSR count). The molecule has 0 spiro atoms. The molecule has 1 aliphatic carbocycles. The van der Waals surface area contributed by atoms with E-state index in [0.717, 1.165) is 12.8 Å². The summed E-state index contributed by atoms with van der Waals surface area (Å²) in [6, 6.07) is 1.51. The Morgan fingerprint density at radius 2 is 2.16 bits per heavy atom. The molecular formula is C14H21N3O2. The van der Waals surface area contributed by atoms with Crippen LogP contribution in [-0.4, -0.2) is 29.1 Å². The summed E-state index contributed by atoms with van der Waals surface area (Å²) in [5, 5.41) is 12.5. The third kappa shape index (κ3) is 3.23. The maximum absolute atomic E-state index is 12.0. The Morgan fingerprint density at radius 1 is 1.42 bits per heavy atom. The first-order chi connectivity index (χ1) is 9.17. The van der Waals surface area contributed by atoms with Crippen LogP contribution in [0.5, 0.6) is 5.75 Å². The van der Waals surface area contributed by atoms with Gasteiger partial charge in [-0.2, -0.15) is 0 Å². The predicted molar refractivity (Wildman–Crippen MR) is 72.8 cm³/mol. The molecule has 1 saturated carbocycles. The van der Waals surface area contributed by atoms with Crippen LogP contribution < -0.4 is 11.1 Å². The molecule has 4 N–H and O–H groups in total. The minimum absolute atomic E-state index is 0.0244. The van der Waals surface area contributed by atoms with Crippen molar-refractivity contribution in [1.29, 1.82) is 0 Å². The minimum atomic E-state index is -0.265. The maximum Gasteiger partial charge on any atom is 0.255 e. The molecule has 5 nitrogen and oxygen atoms in total. The zero-order chi connectivity index (χ0) is 13.7. The van der Waals surface area contributed by atoms with E-state index in [4.69, 9.17) is 5.73 Å². The fourth-order valence-corrected chi connectivity index (χ4v) is 2.70. The SMILES string of the molecule is NCC1(CNC(=O)c2ccncc2O)CCCCC1. The van der Waals surface area contributed by atoms with Crippen molar-refractivity contribution in [3.63, 3.8) is 0 Å². The van der Waals surface area contributed by atoms with Crippen molar-refractivity contribution in [2.75, 3.05) is 13.1 Å². The number of aromatic nitrogens is 1. The average molecular weight is 263 g/mol. The quantitative estimate of drug-likeness (QED) is 0.766. The molecule has 1 aromatic heterocycles. The highest BCUT2D eigenvalue weighted by Crippen LogP contribution is 2.34. The van der Waals surface area contributed by atoms with Gasteiger partial charge in [-0.25, -0.2) is 0 Å². The van der Waals surface area contributed by atoms with Gasteiger partial charge in [0.25, 0.3) is 5.91 Å². The molecule has 1 aliphatic rings. The van der Waals surface area contributed by atoms with Gasteiger partial charge >= 0.3 is 0 Å². The molecule has 19 heavy (non-hydrogen) atoms. The molecule has 0 unspecified atom stereocenters. The lowest BCUT2D eigenvalue weighted by Crippen LogP contribution is -2.43. The Labute approximate surface area is 113 Å². The largest absolute Gasteiger partial charge is 0.505 e. The molecule has 0 atom stereocenters. The summed E-state index contributed by atoms with van der Waals surface area (Å²) in [7, 11) is 0. The molecule has 1 heterocycles. The molecule has 0 aromatic carbocycles. The second-order valence-electron chi connectivity index (χ2n) is 5.34. The summed E-state index contributed by atoms with van der Waals surface area (Å²) >= 11 is 0. The zero-order valence-corrected chi connectivity index (χ0v) is 11.1. The molecule has 0 radical (unpaired) electrons. The standard InChI is InChI=1S/C14H21N3O2/c15-9-14(5-2-1-3-6-14)10-17-13(19)11-4-7-16-8-12(11)18/h4,7-8,18H,1-3,5-6,9-10,15H2,(H,17,19). The van der Waals surface area contributed by atoms with Crippen molar-refractivity contribution in [2.24, 2.45) is 11.1 Å². The van der Waals surface area contributed by atoms with Gasteiger partial charge in [0, 0.05) is 12.7 Å². The number of hydrogen-bond donors (Lipinski definition) is 3. The summed E-state index contributed by atoms with van der Waals surface area (Å²) < 4.78 is 0. The van der Waals surface area contributed by atoms with Gasteiger partial charge in [0.15, 0.2) is 0 Å². The number of carbonyl (C=O) groups excluding carboxylic acids is 1. The highest BCUT2D eigenvalue weighted by Gasteiger charge is 2.31. The number of hydrogen-bond acceptors (Lipinski definition) is 4. The maximum atomic E-state index is 12.0. The first-order valence-corrected chi connectivity index (χ1v) is 6.78. The summed E-state index contributed by atoms with van der Waals surface area (Å²) in [4.78, 5) is 15.8. The third-order valence-electron chi connectivity index (χ3n) is 4.02. The lowest BCUT2D eigenvalue weighted by Gasteiger charge is -2.36. The van der Waals surface area contributed by atoms with Crippen LogP contribution in [0.15, 0.2) is 18.5 Å². The number of carbonyl (C=O) groups is 1. The number of amides is 1. The van der Waals surface area contributed by atoms with Crippen LogP contribution in [-0.2, 0) is 0 Å². The monoisotopic (exact) mass is 263 g/mol. The van der Waals surface area contributed by atoms with Gasteiger partial charge in [-0.05, 0) is 30.9 Å². The van der Waals surface area contributed by atoms with Crippen LogP contribution in [0.4, 0.5) is 0 Å². The second kappa shape index (κ2) is 6.02. The zero-order valence-electron chi connectivity index (χ0n) is 11.1. The van der Waals surface area contributed by atoms with Crippen molar-refractivity contribution in [3.8, 4) is 5.75 Å². The van der Waals surface area contributed by atoms with E-state index in [-0.39, 0.29) is 22.6 Å². The number of nitrogens with zero attached hydrogens (tertiary/aromatic N) is 1. The van der Waals surface area contributed by atoms with Crippen molar-refractivity contribution in [3.05, 3.63) is 24.0 Å². The lowest BCUT2D eigenvalue weighted by molar-refractivity contribution is 0.0911. The second-order valence-corrected chi connectivity index (χ2v) is 5.34. The number of pyridine rings is 1. The highest BCUT2D eigenvalue weighted by atomic mass is 16.3. The van der Waals surface area contributed by atoms with E-state index >= 15 is 0 Å². The van der Waals surface area contributed by atoms with Gasteiger partial charge in [0.05, 0.1) is 11.8 Å².